The molecule has 1 amide bonds. The summed E-state index contributed by atoms with van der Waals surface area (Å²) in [7, 11) is 0. The first-order valence-electron chi connectivity index (χ1n) is 9.54. The number of benzene rings is 2. The second kappa shape index (κ2) is 7.29. The van der Waals surface area contributed by atoms with Crippen LogP contribution in [0, 0.1) is 6.92 Å². The number of alkyl halides is 3. The van der Waals surface area contributed by atoms with E-state index < -0.39 is 28.9 Å². The van der Waals surface area contributed by atoms with E-state index in [2.05, 4.69) is 30.3 Å². The number of H-pyrrole nitrogens is 1. The van der Waals surface area contributed by atoms with Gasteiger partial charge < -0.3 is 10.3 Å². The van der Waals surface area contributed by atoms with Crippen molar-refractivity contribution in [3.8, 4) is 5.69 Å². The molecule has 12 heteroatoms. The molecular formula is C21H13F3N6O3. The zero-order valence-electron chi connectivity index (χ0n) is 16.8. The van der Waals surface area contributed by atoms with Gasteiger partial charge >= 0.3 is 6.18 Å². The minimum atomic E-state index is -4.92. The van der Waals surface area contributed by atoms with Crippen LogP contribution in [0.3, 0.4) is 0 Å². The molecule has 0 atom stereocenters. The van der Waals surface area contributed by atoms with Crippen molar-refractivity contribution in [3.05, 3.63) is 76.0 Å². The molecule has 0 saturated heterocycles. The molecule has 2 aromatic carbocycles. The standard InChI is InChI=1S/C21H13F3N6O3/c1-10-6-13-12(4-5-25-19(13)31)17(7-10)30-18(21(22,23)24)14(9-26-30)20(32)27-11-2-3-15-16(8-11)29-33-28-15/h2-9H,1H3,(H,25,31)(H,27,32). The second-order valence-electron chi connectivity index (χ2n) is 7.29. The Bertz CT molecular complexity index is 1600. The van der Waals surface area contributed by atoms with Crippen LogP contribution in [0.15, 0.2) is 58.2 Å². The van der Waals surface area contributed by atoms with E-state index in [1.54, 1.807) is 13.0 Å². The number of carbonyl (C=O) groups is 1. The summed E-state index contributed by atoms with van der Waals surface area (Å²) in [6.07, 6.45) is -2.74. The van der Waals surface area contributed by atoms with Crippen LogP contribution in [-0.2, 0) is 6.18 Å². The number of hydrogen-bond donors (Lipinski definition) is 2. The van der Waals surface area contributed by atoms with Gasteiger partial charge in [-0.15, -0.1) is 0 Å². The second-order valence-corrected chi connectivity index (χ2v) is 7.29. The normalized spacial score (nSPS) is 11.9. The molecule has 3 aromatic heterocycles. The number of halogens is 3. The van der Waals surface area contributed by atoms with Crippen LogP contribution < -0.4 is 10.9 Å². The Morgan fingerprint density at radius 3 is 2.67 bits per heavy atom. The smallest absolute Gasteiger partial charge is 0.329 e. The molecule has 33 heavy (non-hydrogen) atoms. The fourth-order valence-electron chi connectivity index (χ4n) is 3.62. The van der Waals surface area contributed by atoms with Gasteiger partial charge in [-0.1, -0.05) is 0 Å². The van der Waals surface area contributed by atoms with Gasteiger partial charge in [-0.25, -0.2) is 9.31 Å². The number of rotatable bonds is 3. The summed E-state index contributed by atoms with van der Waals surface area (Å²) in [6, 6.07) is 8.90. The number of aromatic nitrogens is 5. The molecule has 0 aliphatic carbocycles. The minimum absolute atomic E-state index is 0.0255. The van der Waals surface area contributed by atoms with Crippen molar-refractivity contribution in [2.24, 2.45) is 0 Å². The minimum Gasteiger partial charge on any atom is -0.329 e. The number of anilines is 1. The van der Waals surface area contributed by atoms with Crippen LogP contribution in [0.2, 0.25) is 0 Å². The molecule has 2 N–H and O–H groups in total. The highest BCUT2D eigenvalue weighted by Crippen LogP contribution is 2.35. The number of amides is 1. The SMILES string of the molecule is Cc1cc(-n2ncc(C(=O)Nc3ccc4nonc4c3)c2C(F)(F)F)c2cc[nH]c(=O)c2c1. The summed E-state index contributed by atoms with van der Waals surface area (Å²) in [6.45, 7) is 1.65. The summed E-state index contributed by atoms with van der Waals surface area (Å²) in [4.78, 5) is 27.5. The quantitative estimate of drug-likeness (QED) is 0.428. The summed E-state index contributed by atoms with van der Waals surface area (Å²) in [5.41, 5.74) is -0.854. The Morgan fingerprint density at radius 1 is 1.09 bits per heavy atom. The predicted octanol–water partition coefficient (Wildman–Crippen LogP) is 3.83. The molecular weight excluding hydrogens is 441 g/mol. The largest absolute Gasteiger partial charge is 0.434 e. The Hall–Kier alpha value is -4.48. The van der Waals surface area contributed by atoms with Gasteiger partial charge in [0.2, 0.25) is 0 Å². The van der Waals surface area contributed by atoms with Crippen LogP contribution in [-0.4, -0.2) is 31.0 Å². The van der Waals surface area contributed by atoms with E-state index in [4.69, 9.17) is 0 Å². The number of nitrogens with zero attached hydrogens (tertiary/aromatic N) is 4. The van der Waals surface area contributed by atoms with E-state index in [9.17, 15) is 22.8 Å². The van der Waals surface area contributed by atoms with Crippen LogP contribution in [0.4, 0.5) is 18.9 Å². The topological polar surface area (TPSA) is 119 Å². The zero-order chi connectivity index (χ0) is 23.3. The van der Waals surface area contributed by atoms with Crippen LogP contribution >= 0.6 is 0 Å². The van der Waals surface area contributed by atoms with E-state index >= 15 is 0 Å². The predicted molar refractivity (Wildman–Crippen MR) is 111 cm³/mol. The summed E-state index contributed by atoms with van der Waals surface area (Å²) in [5.74, 6) is -1.01. The first kappa shape index (κ1) is 20.4. The monoisotopic (exact) mass is 454 g/mol. The average Bonchev–Trinajstić information content (AvgIpc) is 3.40. The van der Waals surface area contributed by atoms with E-state index in [0.717, 1.165) is 6.20 Å². The maximum atomic E-state index is 14.1. The van der Waals surface area contributed by atoms with Gasteiger partial charge in [0, 0.05) is 22.7 Å². The summed E-state index contributed by atoms with van der Waals surface area (Å²) < 4.78 is 47.6. The van der Waals surface area contributed by atoms with Crippen LogP contribution in [0.1, 0.15) is 21.6 Å². The number of aromatic amines is 1. The molecule has 0 aliphatic rings. The highest BCUT2D eigenvalue weighted by atomic mass is 19.4. The van der Waals surface area contributed by atoms with Gasteiger partial charge in [-0.2, -0.15) is 18.3 Å². The van der Waals surface area contributed by atoms with Crippen LogP contribution in [0.5, 0.6) is 0 Å². The van der Waals surface area contributed by atoms with Crippen molar-refractivity contribution in [2.75, 3.05) is 5.32 Å². The molecule has 0 radical (unpaired) electrons. The number of fused-ring (bicyclic) bond motifs is 2. The Morgan fingerprint density at radius 2 is 1.88 bits per heavy atom. The number of hydrogen-bond acceptors (Lipinski definition) is 6. The first-order chi connectivity index (χ1) is 15.7. The molecule has 166 valence electrons. The number of aryl methyl sites for hydroxylation is 1. The van der Waals surface area contributed by atoms with Gasteiger partial charge in [0.25, 0.3) is 11.5 Å². The molecule has 0 unspecified atom stereocenters. The Kier molecular flexibility index (Phi) is 4.51. The van der Waals surface area contributed by atoms with Gasteiger partial charge in [0.05, 0.1) is 17.4 Å². The maximum Gasteiger partial charge on any atom is 0.434 e. The summed E-state index contributed by atoms with van der Waals surface area (Å²) >= 11 is 0. The van der Waals surface area contributed by atoms with Gasteiger partial charge in [0.1, 0.15) is 11.0 Å². The maximum absolute atomic E-state index is 14.1. The van der Waals surface area contributed by atoms with E-state index in [1.165, 1.54) is 36.5 Å². The fourth-order valence-corrected chi connectivity index (χ4v) is 3.62. The molecule has 5 rings (SSSR count). The third-order valence-electron chi connectivity index (χ3n) is 5.03. The van der Waals surface area contributed by atoms with E-state index in [1.807, 2.05) is 0 Å². The fraction of sp³-hybridized carbons (Fsp3) is 0.0952. The van der Waals surface area contributed by atoms with Crippen molar-refractivity contribution in [3.63, 3.8) is 0 Å². The highest BCUT2D eigenvalue weighted by Gasteiger charge is 2.41. The van der Waals surface area contributed by atoms with Crippen molar-refractivity contribution in [1.29, 1.82) is 0 Å². The molecule has 0 bridgehead atoms. The molecule has 9 nitrogen and oxygen atoms in total. The van der Waals surface area contributed by atoms with Gasteiger partial charge in [-0.05, 0) is 59.2 Å². The van der Waals surface area contributed by atoms with Crippen molar-refractivity contribution >= 4 is 33.4 Å². The molecule has 0 saturated carbocycles. The highest BCUT2D eigenvalue weighted by molar-refractivity contribution is 6.06. The molecule has 5 aromatic rings. The lowest BCUT2D eigenvalue weighted by molar-refractivity contribution is -0.143. The van der Waals surface area contributed by atoms with Crippen molar-refractivity contribution in [1.82, 2.24) is 25.1 Å². The Balaban J connectivity index is 1.64. The van der Waals surface area contributed by atoms with Crippen molar-refractivity contribution < 1.29 is 22.6 Å². The zero-order valence-corrected chi connectivity index (χ0v) is 16.8. The number of nitrogens with one attached hydrogen (secondary N) is 2. The molecule has 0 aliphatic heterocycles. The number of pyridine rings is 1. The lowest BCUT2D eigenvalue weighted by Gasteiger charge is -2.15. The van der Waals surface area contributed by atoms with E-state index in [-0.39, 0.29) is 22.1 Å². The molecule has 3 heterocycles. The lowest BCUT2D eigenvalue weighted by Crippen LogP contribution is -2.21. The summed E-state index contributed by atoms with van der Waals surface area (Å²) in [5, 5.41) is 14.0. The van der Waals surface area contributed by atoms with Gasteiger partial charge in [-0.3, -0.25) is 9.59 Å². The third-order valence-corrected chi connectivity index (χ3v) is 5.03. The van der Waals surface area contributed by atoms with E-state index in [0.29, 0.717) is 21.3 Å². The molecule has 0 spiro atoms. The van der Waals surface area contributed by atoms with Crippen LogP contribution in [0.25, 0.3) is 27.5 Å². The Labute approximate surface area is 181 Å². The average molecular weight is 454 g/mol. The first-order valence-corrected chi connectivity index (χ1v) is 9.54. The molecule has 0 fully saturated rings. The number of carbonyl (C=O) groups excluding carboxylic acids is 1. The van der Waals surface area contributed by atoms with Crippen molar-refractivity contribution in [2.45, 2.75) is 13.1 Å². The third kappa shape index (κ3) is 3.50. The lowest BCUT2D eigenvalue weighted by atomic mass is 10.1. The van der Waals surface area contributed by atoms with Gasteiger partial charge in [0.15, 0.2) is 5.69 Å².